The standard InChI is InChI=1S/C20H25BrN4OS/c1-5-24-13-19(18-9-17(21)8-15(10-22)20(18)24)16-11-23-25(12-16)14-26-6-7-27(2,3)4/h8-9,11-13H,5-7,14H2,1-4H3. The van der Waals surface area contributed by atoms with Gasteiger partial charge in [0.05, 0.1) is 23.9 Å². The van der Waals surface area contributed by atoms with Crippen LogP contribution in [0.2, 0.25) is 0 Å². The predicted octanol–water partition coefficient (Wildman–Crippen LogP) is 4.83. The van der Waals surface area contributed by atoms with E-state index in [-0.39, 0.29) is 0 Å². The second-order valence-corrected chi connectivity index (χ2v) is 12.9. The first kappa shape index (κ1) is 20.0. The third-order valence-electron chi connectivity index (χ3n) is 4.41. The quantitative estimate of drug-likeness (QED) is 0.486. The molecule has 3 aromatic rings. The van der Waals surface area contributed by atoms with Crippen molar-refractivity contribution in [2.75, 3.05) is 31.1 Å². The summed E-state index contributed by atoms with van der Waals surface area (Å²) in [5, 5.41) is 15.0. The van der Waals surface area contributed by atoms with Crippen LogP contribution in [0, 0.1) is 11.3 Å². The van der Waals surface area contributed by atoms with E-state index in [0.717, 1.165) is 45.4 Å². The van der Waals surface area contributed by atoms with Gasteiger partial charge in [-0.2, -0.15) is 10.4 Å². The second kappa shape index (κ2) is 8.09. The maximum absolute atomic E-state index is 9.53. The molecule has 0 bridgehead atoms. The molecule has 0 fully saturated rings. The van der Waals surface area contributed by atoms with E-state index in [1.54, 1.807) is 0 Å². The van der Waals surface area contributed by atoms with Crippen molar-refractivity contribution in [2.45, 2.75) is 20.2 Å². The molecule has 7 heteroatoms. The molecule has 0 aliphatic rings. The molecule has 0 saturated carbocycles. The van der Waals surface area contributed by atoms with E-state index in [1.807, 2.05) is 23.1 Å². The minimum Gasteiger partial charge on any atom is -0.358 e. The Labute approximate surface area is 170 Å². The van der Waals surface area contributed by atoms with Crippen LogP contribution in [-0.2, 0) is 18.0 Å². The third kappa shape index (κ3) is 4.57. The molecule has 27 heavy (non-hydrogen) atoms. The first-order valence-electron chi connectivity index (χ1n) is 8.81. The van der Waals surface area contributed by atoms with Crippen LogP contribution in [-0.4, -0.2) is 45.5 Å². The lowest BCUT2D eigenvalue weighted by Gasteiger charge is -2.24. The fourth-order valence-electron chi connectivity index (χ4n) is 3.01. The first-order chi connectivity index (χ1) is 12.8. The molecular formula is C20H25BrN4OS. The van der Waals surface area contributed by atoms with Gasteiger partial charge in [0.2, 0.25) is 0 Å². The van der Waals surface area contributed by atoms with Crippen molar-refractivity contribution in [3.05, 3.63) is 40.8 Å². The number of hydrogen-bond acceptors (Lipinski definition) is 3. The maximum Gasteiger partial charge on any atom is 0.139 e. The summed E-state index contributed by atoms with van der Waals surface area (Å²) >= 11 is 3.53. The van der Waals surface area contributed by atoms with Crippen molar-refractivity contribution in [1.82, 2.24) is 14.3 Å². The minimum absolute atomic E-state index is 0.453. The summed E-state index contributed by atoms with van der Waals surface area (Å²) in [6, 6.07) is 6.25. The lowest BCUT2D eigenvalue weighted by molar-refractivity contribution is 0.0809. The normalized spacial score (nSPS) is 12.4. The number of halogens is 1. The Morgan fingerprint density at radius 3 is 2.70 bits per heavy atom. The van der Waals surface area contributed by atoms with Crippen LogP contribution in [0.1, 0.15) is 12.5 Å². The van der Waals surface area contributed by atoms with Crippen LogP contribution in [0.5, 0.6) is 0 Å². The average Bonchev–Trinajstić information content (AvgIpc) is 3.21. The van der Waals surface area contributed by atoms with Gasteiger partial charge in [0.15, 0.2) is 0 Å². The minimum atomic E-state index is -0.540. The molecule has 1 aromatic carbocycles. The highest BCUT2D eigenvalue weighted by atomic mass is 79.9. The number of rotatable bonds is 7. The smallest absolute Gasteiger partial charge is 0.139 e. The average molecular weight is 449 g/mol. The highest BCUT2D eigenvalue weighted by molar-refractivity contribution is 9.10. The second-order valence-electron chi connectivity index (χ2n) is 7.39. The number of fused-ring (bicyclic) bond motifs is 1. The van der Waals surface area contributed by atoms with Crippen LogP contribution in [0.4, 0.5) is 0 Å². The Hall–Kier alpha value is -1.75. The highest BCUT2D eigenvalue weighted by Gasteiger charge is 2.15. The molecular weight excluding hydrogens is 424 g/mol. The van der Waals surface area contributed by atoms with Gasteiger partial charge in [-0.3, -0.25) is 0 Å². The zero-order valence-electron chi connectivity index (χ0n) is 16.2. The Bertz CT molecular complexity index is 994. The molecule has 0 radical (unpaired) electrons. The Morgan fingerprint density at radius 2 is 2.04 bits per heavy atom. The largest absolute Gasteiger partial charge is 0.358 e. The van der Waals surface area contributed by atoms with E-state index < -0.39 is 10.0 Å². The van der Waals surface area contributed by atoms with E-state index in [4.69, 9.17) is 4.74 Å². The molecule has 0 spiro atoms. The zero-order valence-corrected chi connectivity index (χ0v) is 18.6. The van der Waals surface area contributed by atoms with Gasteiger partial charge in [-0.1, -0.05) is 15.9 Å². The molecule has 0 atom stereocenters. The van der Waals surface area contributed by atoms with Crippen LogP contribution >= 0.6 is 26.0 Å². The fraction of sp³-hybridized carbons (Fsp3) is 0.400. The molecule has 2 heterocycles. The monoisotopic (exact) mass is 448 g/mol. The van der Waals surface area contributed by atoms with E-state index >= 15 is 0 Å². The Balaban J connectivity index is 1.87. The maximum atomic E-state index is 9.53. The Morgan fingerprint density at radius 1 is 1.26 bits per heavy atom. The van der Waals surface area contributed by atoms with Crippen LogP contribution in [0.15, 0.2) is 35.2 Å². The highest BCUT2D eigenvalue weighted by Crippen LogP contribution is 2.35. The summed E-state index contributed by atoms with van der Waals surface area (Å²) in [6.07, 6.45) is 12.8. The van der Waals surface area contributed by atoms with Gasteiger partial charge in [0.25, 0.3) is 0 Å². The molecule has 0 unspecified atom stereocenters. The molecule has 0 saturated heterocycles. The number of aryl methyl sites for hydroxylation is 1. The molecule has 0 N–H and O–H groups in total. The predicted molar refractivity (Wildman–Crippen MR) is 117 cm³/mol. The van der Waals surface area contributed by atoms with Crippen molar-refractivity contribution < 1.29 is 4.74 Å². The summed E-state index contributed by atoms with van der Waals surface area (Å²) in [5.74, 6) is 1.09. The molecule has 2 aromatic heterocycles. The summed E-state index contributed by atoms with van der Waals surface area (Å²) in [7, 11) is -0.540. The van der Waals surface area contributed by atoms with Gasteiger partial charge in [-0.15, -0.1) is 0 Å². The summed E-state index contributed by atoms with van der Waals surface area (Å²) in [6.45, 7) is 4.09. The first-order valence-corrected chi connectivity index (χ1v) is 12.6. The van der Waals surface area contributed by atoms with E-state index in [9.17, 15) is 5.26 Å². The number of aromatic nitrogens is 3. The lowest BCUT2D eigenvalue weighted by atomic mass is 10.1. The van der Waals surface area contributed by atoms with E-state index in [1.165, 1.54) is 0 Å². The van der Waals surface area contributed by atoms with Gasteiger partial charge < -0.3 is 9.30 Å². The zero-order chi connectivity index (χ0) is 19.6. The van der Waals surface area contributed by atoms with Crippen molar-refractivity contribution in [1.29, 1.82) is 5.26 Å². The summed E-state index contributed by atoms with van der Waals surface area (Å²) in [4.78, 5) is 0. The van der Waals surface area contributed by atoms with E-state index in [2.05, 4.69) is 69.6 Å². The molecule has 0 amide bonds. The number of ether oxygens (including phenoxy) is 1. The van der Waals surface area contributed by atoms with Crippen molar-refractivity contribution in [3.8, 4) is 17.2 Å². The molecule has 0 aliphatic heterocycles. The topological polar surface area (TPSA) is 55.8 Å². The van der Waals surface area contributed by atoms with Crippen molar-refractivity contribution >= 4 is 36.9 Å². The van der Waals surface area contributed by atoms with Gasteiger partial charge in [0.1, 0.15) is 12.8 Å². The molecule has 0 aliphatic carbocycles. The third-order valence-corrected chi connectivity index (χ3v) is 6.26. The molecule has 5 nitrogen and oxygen atoms in total. The SMILES string of the molecule is CCn1cc(-c2cnn(COCCS(C)(C)C)c2)c2cc(Br)cc(C#N)c21. The van der Waals surface area contributed by atoms with Crippen molar-refractivity contribution in [2.24, 2.45) is 0 Å². The van der Waals surface area contributed by atoms with Gasteiger partial charge in [-0.25, -0.2) is 14.7 Å². The van der Waals surface area contributed by atoms with Gasteiger partial charge >= 0.3 is 0 Å². The Kier molecular flexibility index (Phi) is 5.99. The van der Waals surface area contributed by atoms with Crippen LogP contribution in [0.3, 0.4) is 0 Å². The number of benzene rings is 1. The fourth-order valence-corrected chi connectivity index (χ4v) is 4.08. The number of hydrogen-bond donors (Lipinski definition) is 0. The summed E-state index contributed by atoms with van der Waals surface area (Å²) < 4.78 is 10.6. The number of nitriles is 1. The van der Waals surface area contributed by atoms with Crippen LogP contribution in [0.25, 0.3) is 22.0 Å². The summed E-state index contributed by atoms with van der Waals surface area (Å²) in [5.41, 5.74) is 3.75. The van der Waals surface area contributed by atoms with Crippen molar-refractivity contribution in [3.63, 3.8) is 0 Å². The molecule has 3 rings (SSSR count). The van der Waals surface area contributed by atoms with Gasteiger partial charge in [-0.05, 0) is 37.8 Å². The lowest BCUT2D eigenvalue weighted by Crippen LogP contribution is -2.10. The van der Waals surface area contributed by atoms with Gasteiger partial charge in [0, 0.05) is 45.7 Å². The van der Waals surface area contributed by atoms with Crippen LogP contribution < -0.4 is 0 Å². The molecule has 144 valence electrons. The number of nitrogens with zero attached hydrogens (tertiary/aromatic N) is 4. The van der Waals surface area contributed by atoms with E-state index in [0.29, 0.717) is 12.3 Å².